The zero-order chi connectivity index (χ0) is 15.2. The van der Waals surface area contributed by atoms with E-state index < -0.39 is 5.60 Å². The van der Waals surface area contributed by atoms with Crippen molar-refractivity contribution in [1.82, 2.24) is 4.90 Å². The molecule has 1 amide bonds. The van der Waals surface area contributed by atoms with E-state index in [0.717, 1.165) is 38.8 Å². The maximum atomic E-state index is 12.0. The number of rotatable bonds is 4. The Morgan fingerprint density at radius 1 is 1.50 bits per heavy atom. The minimum atomic E-state index is -0.447. The van der Waals surface area contributed by atoms with Gasteiger partial charge in [0.15, 0.2) is 0 Å². The van der Waals surface area contributed by atoms with E-state index in [1.54, 1.807) is 11.0 Å². The molecule has 0 aromatic carbocycles. The highest BCUT2D eigenvalue weighted by molar-refractivity contribution is 5.68. The fraction of sp³-hybridized carbons (Fsp3) is 0.867. The van der Waals surface area contributed by atoms with Crippen LogP contribution in [0.5, 0.6) is 0 Å². The minimum Gasteiger partial charge on any atom is -0.444 e. The summed E-state index contributed by atoms with van der Waals surface area (Å²) in [5.41, 5.74) is -0.447. The summed E-state index contributed by atoms with van der Waals surface area (Å²) < 4.78 is 5.41. The van der Waals surface area contributed by atoms with Gasteiger partial charge in [0.2, 0.25) is 6.08 Å². The van der Waals surface area contributed by atoms with Gasteiger partial charge < -0.3 is 9.64 Å². The van der Waals surface area contributed by atoms with Gasteiger partial charge in [-0.2, -0.15) is 0 Å². The summed E-state index contributed by atoms with van der Waals surface area (Å²) in [6.45, 7) is 9.07. The first kappa shape index (κ1) is 16.7. The fourth-order valence-electron chi connectivity index (χ4n) is 2.42. The van der Waals surface area contributed by atoms with Crippen LogP contribution in [0.25, 0.3) is 0 Å². The van der Waals surface area contributed by atoms with Gasteiger partial charge in [0.25, 0.3) is 0 Å². The molecule has 5 nitrogen and oxygen atoms in total. The highest BCUT2D eigenvalue weighted by Gasteiger charge is 2.27. The van der Waals surface area contributed by atoms with Gasteiger partial charge >= 0.3 is 6.09 Å². The van der Waals surface area contributed by atoms with Crippen molar-refractivity contribution in [2.24, 2.45) is 10.9 Å². The maximum Gasteiger partial charge on any atom is 0.410 e. The molecule has 0 aliphatic carbocycles. The second-order valence-electron chi connectivity index (χ2n) is 6.58. The zero-order valence-corrected chi connectivity index (χ0v) is 13.0. The maximum absolute atomic E-state index is 12.0. The third kappa shape index (κ3) is 6.20. The Labute approximate surface area is 121 Å². The summed E-state index contributed by atoms with van der Waals surface area (Å²) in [5, 5.41) is 0. The van der Waals surface area contributed by atoms with Crippen molar-refractivity contribution < 1.29 is 14.3 Å². The number of isocyanates is 1. The number of nitrogens with zero attached hydrogens (tertiary/aromatic N) is 2. The van der Waals surface area contributed by atoms with Crippen LogP contribution < -0.4 is 0 Å². The highest BCUT2D eigenvalue weighted by Crippen LogP contribution is 2.23. The van der Waals surface area contributed by atoms with Crippen LogP contribution >= 0.6 is 0 Å². The normalized spacial score (nSPS) is 21.0. The van der Waals surface area contributed by atoms with Crippen LogP contribution in [0.15, 0.2) is 4.99 Å². The van der Waals surface area contributed by atoms with E-state index in [1.165, 1.54) is 0 Å². The van der Waals surface area contributed by atoms with Crippen molar-refractivity contribution in [3.8, 4) is 0 Å². The Morgan fingerprint density at radius 2 is 2.20 bits per heavy atom. The molecule has 0 N–H and O–H groups in total. The van der Waals surface area contributed by atoms with Gasteiger partial charge in [-0.1, -0.05) is 0 Å². The fourth-order valence-corrected chi connectivity index (χ4v) is 2.42. The van der Waals surface area contributed by atoms with Crippen LogP contribution in [0.4, 0.5) is 4.79 Å². The number of amides is 1. The Hall–Kier alpha value is -1.35. The summed E-state index contributed by atoms with van der Waals surface area (Å²) in [5.74, 6) is 0.473. The lowest BCUT2D eigenvalue weighted by Crippen LogP contribution is -2.42. The predicted molar refractivity (Wildman–Crippen MR) is 77.3 cm³/mol. The first-order valence-electron chi connectivity index (χ1n) is 7.36. The Kier molecular flexibility index (Phi) is 6.21. The molecule has 5 heteroatoms. The second-order valence-corrected chi connectivity index (χ2v) is 6.58. The lowest BCUT2D eigenvalue weighted by atomic mass is 9.92. The summed E-state index contributed by atoms with van der Waals surface area (Å²) in [7, 11) is 0. The molecule has 0 aromatic rings. The van der Waals surface area contributed by atoms with Crippen molar-refractivity contribution >= 4 is 12.2 Å². The Morgan fingerprint density at radius 3 is 2.80 bits per heavy atom. The number of piperidine rings is 1. The standard InChI is InChI=1S/C15H26N2O3/c1-12(16-11-18)7-8-13-6-5-9-17(10-13)14(19)20-15(2,3)4/h12-13H,5-10H2,1-4H3. The largest absolute Gasteiger partial charge is 0.444 e. The lowest BCUT2D eigenvalue weighted by molar-refractivity contribution is 0.0160. The van der Waals surface area contributed by atoms with Gasteiger partial charge in [-0.3, -0.25) is 0 Å². The molecule has 2 unspecified atom stereocenters. The summed E-state index contributed by atoms with van der Waals surface area (Å²) in [6.07, 6.45) is 5.35. The molecule has 0 radical (unpaired) electrons. The van der Waals surface area contributed by atoms with Crippen molar-refractivity contribution in [1.29, 1.82) is 0 Å². The van der Waals surface area contributed by atoms with E-state index in [9.17, 15) is 9.59 Å². The number of carbonyl (C=O) groups excluding carboxylic acids is 2. The van der Waals surface area contributed by atoms with Crippen LogP contribution in [-0.2, 0) is 9.53 Å². The van der Waals surface area contributed by atoms with Crippen molar-refractivity contribution in [3.63, 3.8) is 0 Å². The molecule has 2 atom stereocenters. The molecule has 0 saturated carbocycles. The van der Waals surface area contributed by atoms with Crippen LogP contribution in [0, 0.1) is 5.92 Å². The van der Waals surface area contributed by atoms with E-state index in [4.69, 9.17) is 4.74 Å². The van der Waals surface area contributed by atoms with Crippen LogP contribution in [0.3, 0.4) is 0 Å². The first-order valence-corrected chi connectivity index (χ1v) is 7.36. The number of likely N-dealkylation sites (tertiary alicyclic amines) is 1. The first-order chi connectivity index (χ1) is 9.31. The van der Waals surface area contributed by atoms with Gasteiger partial charge in [-0.25, -0.2) is 14.6 Å². The number of hydrogen-bond acceptors (Lipinski definition) is 4. The monoisotopic (exact) mass is 282 g/mol. The molecule has 1 fully saturated rings. The Bertz CT molecular complexity index is 370. The van der Waals surface area contributed by atoms with Crippen LogP contribution in [0.1, 0.15) is 53.4 Å². The zero-order valence-electron chi connectivity index (χ0n) is 13.0. The molecule has 0 spiro atoms. The second kappa shape index (κ2) is 7.44. The average molecular weight is 282 g/mol. The van der Waals surface area contributed by atoms with Gasteiger partial charge in [0.05, 0.1) is 6.04 Å². The summed E-state index contributed by atoms with van der Waals surface area (Å²) in [6, 6.07) is 0.0180. The molecule has 114 valence electrons. The predicted octanol–water partition coefficient (Wildman–Crippen LogP) is 3.14. The Balaban J connectivity index is 2.42. The third-order valence-corrected chi connectivity index (χ3v) is 3.44. The molecule has 1 heterocycles. The molecule has 1 aliphatic heterocycles. The van der Waals surface area contributed by atoms with E-state index in [1.807, 2.05) is 27.7 Å². The van der Waals surface area contributed by atoms with Crippen molar-refractivity contribution in [2.45, 2.75) is 65.0 Å². The van der Waals surface area contributed by atoms with Crippen molar-refractivity contribution in [3.05, 3.63) is 0 Å². The van der Waals surface area contributed by atoms with E-state index >= 15 is 0 Å². The molecule has 1 aliphatic rings. The molecule has 0 bridgehead atoms. The van der Waals surface area contributed by atoms with Crippen molar-refractivity contribution in [2.75, 3.05) is 13.1 Å². The van der Waals surface area contributed by atoms with Gasteiger partial charge in [-0.05, 0) is 59.3 Å². The number of carbonyl (C=O) groups is 1. The molecular weight excluding hydrogens is 256 g/mol. The van der Waals surface area contributed by atoms with Crippen LogP contribution in [0.2, 0.25) is 0 Å². The summed E-state index contributed by atoms with van der Waals surface area (Å²) >= 11 is 0. The number of aliphatic imine (C=N–C) groups is 1. The van der Waals surface area contributed by atoms with E-state index in [0.29, 0.717) is 5.92 Å². The molecule has 1 saturated heterocycles. The summed E-state index contributed by atoms with van der Waals surface area (Å²) in [4.78, 5) is 27.7. The number of hydrogen-bond donors (Lipinski definition) is 0. The number of ether oxygens (including phenoxy) is 1. The average Bonchev–Trinajstić information content (AvgIpc) is 2.35. The molecule has 20 heavy (non-hydrogen) atoms. The quantitative estimate of drug-likeness (QED) is 0.588. The van der Waals surface area contributed by atoms with Gasteiger partial charge in [-0.15, -0.1) is 0 Å². The van der Waals surface area contributed by atoms with Gasteiger partial charge in [0.1, 0.15) is 5.60 Å². The highest BCUT2D eigenvalue weighted by atomic mass is 16.6. The molecule has 1 rings (SSSR count). The lowest BCUT2D eigenvalue weighted by Gasteiger charge is -2.34. The SMILES string of the molecule is CC(CCC1CCCN(C(=O)OC(C)(C)C)C1)N=C=O. The van der Waals surface area contributed by atoms with E-state index in [2.05, 4.69) is 4.99 Å². The smallest absolute Gasteiger partial charge is 0.410 e. The van der Waals surface area contributed by atoms with Crippen LogP contribution in [-0.4, -0.2) is 41.8 Å². The van der Waals surface area contributed by atoms with Gasteiger partial charge in [0, 0.05) is 13.1 Å². The topological polar surface area (TPSA) is 59.0 Å². The minimum absolute atomic E-state index is 0.0180. The third-order valence-electron chi connectivity index (χ3n) is 3.44. The molecule has 0 aromatic heterocycles. The van der Waals surface area contributed by atoms with E-state index in [-0.39, 0.29) is 12.1 Å². The molecular formula is C15H26N2O3.